The molecule has 0 saturated carbocycles. The lowest BCUT2D eigenvalue weighted by Crippen LogP contribution is -2.27. The molecule has 130 valence electrons. The molecule has 26 heavy (non-hydrogen) atoms. The molecule has 3 nitrogen and oxygen atoms in total. The van der Waals surface area contributed by atoms with Crippen molar-refractivity contribution in [2.45, 2.75) is 12.8 Å². The van der Waals surface area contributed by atoms with Crippen molar-refractivity contribution in [1.82, 2.24) is 5.43 Å². The molecule has 0 spiro atoms. The Morgan fingerprint density at radius 1 is 0.846 bits per heavy atom. The van der Waals surface area contributed by atoms with Gasteiger partial charge in [0.05, 0.1) is 11.6 Å². The first-order valence-corrected chi connectivity index (χ1v) is 9.14. The predicted molar refractivity (Wildman–Crippen MR) is 109 cm³/mol. The van der Waals surface area contributed by atoms with E-state index in [1.165, 1.54) is 0 Å². The number of rotatable bonds is 5. The van der Waals surface area contributed by atoms with Gasteiger partial charge in [0.2, 0.25) is 0 Å². The summed E-state index contributed by atoms with van der Waals surface area (Å²) in [5, 5.41) is 4.30. The van der Waals surface area contributed by atoms with Crippen LogP contribution in [0.4, 0.5) is 0 Å². The Kier molecular flexibility index (Phi) is 5.97. The van der Waals surface area contributed by atoms with Crippen LogP contribution in [0.2, 0.25) is 0 Å². The molecule has 0 aliphatic heterocycles. The van der Waals surface area contributed by atoms with Gasteiger partial charge in [-0.2, -0.15) is 5.10 Å². The van der Waals surface area contributed by atoms with Gasteiger partial charge in [-0.3, -0.25) is 4.79 Å². The molecule has 0 radical (unpaired) electrons. The molecule has 0 aliphatic carbocycles. The number of hydrogen-bond acceptors (Lipinski definition) is 2. The maximum atomic E-state index is 12.9. The fourth-order valence-electron chi connectivity index (χ4n) is 2.75. The summed E-state index contributed by atoms with van der Waals surface area (Å²) in [6.45, 7) is 1.88. The Morgan fingerprint density at radius 2 is 1.35 bits per heavy atom. The van der Waals surface area contributed by atoms with Crippen LogP contribution >= 0.6 is 15.9 Å². The summed E-state index contributed by atoms with van der Waals surface area (Å²) in [7, 11) is 0. The second-order valence-electron chi connectivity index (χ2n) is 5.93. The third-order valence-corrected chi connectivity index (χ3v) is 4.65. The molecule has 1 N–H and O–H groups in total. The van der Waals surface area contributed by atoms with Crippen molar-refractivity contribution in [2.24, 2.45) is 5.10 Å². The first-order chi connectivity index (χ1) is 12.6. The minimum atomic E-state index is -0.404. The van der Waals surface area contributed by atoms with E-state index >= 15 is 0 Å². The minimum absolute atomic E-state index is 0.154. The predicted octanol–water partition coefficient (Wildman–Crippen LogP) is 5.12. The highest BCUT2D eigenvalue weighted by molar-refractivity contribution is 9.10. The van der Waals surface area contributed by atoms with E-state index in [0.29, 0.717) is 0 Å². The van der Waals surface area contributed by atoms with E-state index < -0.39 is 5.92 Å². The Balaban J connectivity index is 1.84. The molecule has 0 unspecified atom stereocenters. The van der Waals surface area contributed by atoms with Gasteiger partial charge < -0.3 is 0 Å². The SMILES string of the molecule is C/C(=N\NC(=O)C(c1ccccc1)c1ccccc1)c1ccc(Br)cc1. The molecule has 0 atom stereocenters. The van der Waals surface area contributed by atoms with Gasteiger partial charge in [-0.05, 0) is 35.7 Å². The standard InChI is InChI=1S/C22H19BrN2O/c1-16(17-12-14-20(23)15-13-17)24-25-22(26)21(18-8-4-2-5-9-18)19-10-6-3-7-11-19/h2-15,21H,1H3,(H,25,26)/b24-16+. The van der Waals surface area contributed by atoms with E-state index in [9.17, 15) is 4.79 Å². The number of hydrazone groups is 1. The summed E-state index contributed by atoms with van der Waals surface area (Å²) in [4.78, 5) is 12.9. The second kappa shape index (κ2) is 8.59. The lowest BCUT2D eigenvalue weighted by Gasteiger charge is -2.16. The molecular weight excluding hydrogens is 388 g/mol. The van der Waals surface area contributed by atoms with Crippen LogP contribution in [0.5, 0.6) is 0 Å². The molecule has 0 bridgehead atoms. The first kappa shape index (κ1) is 18.1. The molecule has 0 heterocycles. The molecule has 1 amide bonds. The van der Waals surface area contributed by atoms with Crippen LogP contribution in [-0.2, 0) is 4.79 Å². The van der Waals surface area contributed by atoms with Crippen LogP contribution in [0.1, 0.15) is 29.5 Å². The zero-order valence-corrected chi connectivity index (χ0v) is 16.0. The average molecular weight is 407 g/mol. The normalized spacial score (nSPS) is 11.4. The van der Waals surface area contributed by atoms with Crippen molar-refractivity contribution < 1.29 is 4.79 Å². The monoisotopic (exact) mass is 406 g/mol. The molecule has 3 aromatic carbocycles. The van der Waals surface area contributed by atoms with Gasteiger partial charge in [0.25, 0.3) is 5.91 Å². The van der Waals surface area contributed by atoms with Crippen LogP contribution in [0, 0.1) is 0 Å². The largest absolute Gasteiger partial charge is 0.272 e. The highest BCUT2D eigenvalue weighted by atomic mass is 79.9. The lowest BCUT2D eigenvalue weighted by molar-refractivity contribution is -0.121. The number of halogens is 1. The molecule has 3 rings (SSSR count). The Bertz CT molecular complexity index is 851. The maximum Gasteiger partial charge on any atom is 0.252 e. The third-order valence-electron chi connectivity index (χ3n) is 4.12. The number of nitrogens with zero attached hydrogens (tertiary/aromatic N) is 1. The zero-order valence-electron chi connectivity index (χ0n) is 14.4. The maximum absolute atomic E-state index is 12.9. The van der Waals surface area contributed by atoms with E-state index in [2.05, 4.69) is 26.5 Å². The van der Waals surface area contributed by atoms with Crippen LogP contribution in [0.25, 0.3) is 0 Å². The average Bonchev–Trinajstić information content (AvgIpc) is 2.68. The number of amides is 1. The first-order valence-electron chi connectivity index (χ1n) is 8.35. The van der Waals surface area contributed by atoms with Crippen molar-refractivity contribution in [3.63, 3.8) is 0 Å². The van der Waals surface area contributed by atoms with E-state index in [1.54, 1.807) is 0 Å². The summed E-state index contributed by atoms with van der Waals surface area (Å²) in [6, 6.07) is 27.3. The minimum Gasteiger partial charge on any atom is -0.272 e. The Labute approximate surface area is 161 Å². The molecule has 0 aliphatic rings. The molecule has 0 saturated heterocycles. The Morgan fingerprint density at radius 3 is 1.85 bits per heavy atom. The summed E-state index contributed by atoms with van der Waals surface area (Å²) in [6.07, 6.45) is 0. The van der Waals surface area contributed by atoms with Gasteiger partial charge in [0.15, 0.2) is 0 Å². The van der Waals surface area contributed by atoms with Crippen molar-refractivity contribution in [3.05, 3.63) is 106 Å². The fraction of sp³-hybridized carbons (Fsp3) is 0.0909. The van der Waals surface area contributed by atoms with E-state index in [4.69, 9.17) is 0 Å². The molecule has 0 aromatic heterocycles. The second-order valence-corrected chi connectivity index (χ2v) is 6.85. The number of benzene rings is 3. The van der Waals surface area contributed by atoms with Crippen LogP contribution < -0.4 is 5.43 Å². The van der Waals surface area contributed by atoms with E-state index in [-0.39, 0.29) is 5.91 Å². The molecule has 3 aromatic rings. The highest BCUT2D eigenvalue weighted by Crippen LogP contribution is 2.24. The topological polar surface area (TPSA) is 41.5 Å². The van der Waals surface area contributed by atoms with Crippen molar-refractivity contribution >= 4 is 27.5 Å². The van der Waals surface area contributed by atoms with Gasteiger partial charge in [-0.15, -0.1) is 0 Å². The number of carbonyl (C=O) groups excluding carboxylic acids is 1. The highest BCUT2D eigenvalue weighted by Gasteiger charge is 2.22. The van der Waals surface area contributed by atoms with Gasteiger partial charge >= 0.3 is 0 Å². The van der Waals surface area contributed by atoms with Crippen molar-refractivity contribution in [3.8, 4) is 0 Å². The molecular formula is C22H19BrN2O. The van der Waals surface area contributed by atoms with Crippen molar-refractivity contribution in [1.29, 1.82) is 0 Å². The number of carbonyl (C=O) groups is 1. The molecule has 4 heteroatoms. The summed E-state index contributed by atoms with van der Waals surface area (Å²) >= 11 is 3.42. The third kappa shape index (κ3) is 4.46. The van der Waals surface area contributed by atoms with Crippen LogP contribution in [-0.4, -0.2) is 11.6 Å². The molecule has 0 fully saturated rings. The van der Waals surface area contributed by atoms with Crippen LogP contribution in [0.15, 0.2) is 94.5 Å². The zero-order chi connectivity index (χ0) is 18.4. The van der Waals surface area contributed by atoms with Gasteiger partial charge in [0.1, 0.15) is 0 Å². The van der Waals surface area contributed by atoms with E-state index in [0.717, 1.165) is 26.9 Å². The lowest BCUT2D eigenvalue weighted by atomic mass is 9.91. The summed E-state index contributed by atoms with van der Waals surface area (Å²) < 4.78 is 1.01. The Hall–Kier alpha value is -2.72. The van der Waals surface area contributed by atoms with Gasteiger partial charge in [-0.25, -0.2) is 5.43 Å². The smallest absolute Gasteiger partial charge is 0.252 e. The quantitative estimate of drug-likeness (QED) is 0.463. The summed E-state index contributed by atoms with van der Waals surface area (Å²) in [5.41, 5.74) is 6.32. The van der Waals surface area contributed by atoms with Crippen molar-refractivity contribution in [2.75, 3.05) is 0 Å². The van der Waals surface area contributed by atoms with Gasteiger partial charge in [0, 0.05) is 4.47 Å². The number of nitrogens with one attached hydrogen (secondary N) is 1. The number of hydrogen-bond donors (Lipinski definition) is 1. The fourth-order valence-corrected chi connectivity index (χ4v) is 3.01. The van der Waals surface area contributed by atoms with E-state index in [1.807, 2.05) is 91.9 Å². The summed E-state index contributed by atoms with van der Waals surface area (Å²) in [5.74, 6) is -0.558. The van der Waals surface area contributed by atoms with Gasteiger partial charge in [-0.1, -0.05) is 88.7 Å². The van der Waals surface area contributed by atoms with Crippen LogP contribution in [0.3, 0.4) is 0 Å².